The van der Waals surface area contributed by atoms with Gasteiger partial charge in [-0.05, 0) is 23.8 Å². The summed E-state index contributed by atoms with van der Waals surface area (Å²) in [5.74, 6) is -1.07. The minimum Gasteiger partial charge on any atom is -0.479 e. The maximum atomic E-state index is 13.0. The third-order valence-electron chi connectivity index (χ3n) is 5.87. The summed E-state index contributed by atoms with van der Waals surface area (Å²) in [7, 11) is 0. The zero-order chi connectivity index (χ0) is 14.4. The Labute approximate surface area is 121 Å². The van der Waals surface area contributed by atoms with Crippen molar-refractivity contribution < 1.29 is 19.4 Å². The van der Waals surface area contributed by atoms with E-state index in [0.717, 1.165) is 6.42 Å². The first-order chi connectivity index (χ1) is 10.1. The number of carbonyl (C=O) groups is 2. The Hall–Kier alpha value is -1.94. The van der Waals surface area contributed by atoms with Crippen molar-refractivity contribution in [2.45, 2.75) is 17.6 Å². The molecular weight excluding hydrogens is 268 g/mol. The molecule has 4 heteroatoms. The fourth-order valence-corrected chi connectivity index (χ4v) is 5.15. The molecule has 0 spiro atoms. The lowest BCUT2D eigenvalue weighted by molar-refractivity contribution is -0.146. The molecular formula is C17H14O4. The van der Waals surface area contributed by atoms with Crippen LogP contribution in [0.15, 0.2) is 42.5 Å². The van der Waals surface area contributed by atoms with E-state index in [4.69, 9.17) is 4.74 Å². The molecule has 0 unspecified atom stereocenters. The van der Waals surface area contributed by atoms with Crippen LogP contribution in [0.3, 0.4) is 0 Å². The molecule has 1 aliphatic heterocycles. The summed E-state index contributed by atoms with van der Waals surface area (Å²) in [6.07, 6.45) is 5.06. The van der Waals surface area contributed by atoms with Crippen LogP contribution in [0.1, 0.15) is 12.0 Å². The van der Waals surface area contributed by atoms with Crippen molar-refractivity contribution in [2.24, 2.45) is 23.7 Å². The molecule has 2 saturated carbocycles. The van der Waals surface area contributed by atoms with Gasteiger partial charge in [-0.25, -0.2) is 4.79 Å². The van der Waals surface area contributed by atoms with Gasteiger partial charge in [0.1, 0.15) is 0 Å². The van der Waals surface area contributed by atoms with E-state index < -0.39 is 17.2 Å². The molecule has 3 fully saturated rings. The molecule has 21 heavy (non-hydrogen) atoms. The smallest absolute Gasteiger partial charge is 0.340 e. The lowest BCUT2D eigenvalue weighted by Crippen LogP contribution is -2.38. The second-order valence-corrected chi connectivity index (χ2v) is 6.55. The average Bonchev–Trinajstić information content (AvgIpc) is 2.76. The topological polar surface area (TPSA) is 66.9 Å². The zero-order valence-corrected chi connectivity index (χ0v) is 11.2. The van der Waals surface area contributed by atoms with E-state index in [9.17, 15) is 14.7 Å². The van der Waals surface area contributed by atoms with Crippen LogP contribution >= 0.6 is 0 Å². The number of fused-ring (bicyclic) bond motifs is 7. The summed E-state index contributed by atoms with van der Waals surface area (Å²) >= 11 is 0. The largest absolute Gasteiger partial charge is 0.479 e. The number of ketones is 1. The molecule has 4 aliphatic rings. The predicted octanol–water partition coefficient (Wildman–Crippen LogP) is 1.76. The Balaban J connectivity index is 1.73. The molecule has 3 aliphatic carbocycles. The lowest BCUT2D eigenvalue weighted by Gasteiger charge is -2.24. The normalized spacial score (nSPS) is 48.3. The van der Waals surface area contributed by atoms with Crippen LogP contribution in [-0.4, -0.2) is 22.5 Å². The molecule has 1 aromatic carbocycles. The number of benzene rings is 1. The quantitative estimate of drug-likeness (QED) is 0.663. The van der Waals surface area contributed by atoms with Crippen LogP contribution in [0.5, 0.6) is 0 Å². The van der Waals surface area contributed by atoms with E-state index in [-0.39, 0.29) is 29.5 Å². The molecule has 1 N–H and O–H groups in total. The molecule has 0 radical (unpaired) electrons. The Kier molecular flexibility index (Phi) is 1.82. The number of rotatable bonds is 2. The summed E-state index contributed by atoms with van der Waals surface area (Å²) < 4.78 is 5.77. The van der Waals surface area contributed by atoms with E-state index in [0.29, 0.717) is 5.56 Å². The highest BCUT2D eigenvalue weighted by Gasteiger charge is 2.91. The number of aliphatic carboxylic acids is 1. The van der Waals surface area contributed by atoms with Gasteiger partial charge in [0.2, 0.25) is 5.60 Å². The number of carboxylic acid groups (broad SMARTS) is 1. The Morgan fingerprint density at radius 3 is 2.62 bits per heavy atom. The van der Waals surface area contributed by atoms with Crippen molar-refractivity contribution in [1.29, 1.82) is 0 Å². The second kappa shape index (κ2) is 3.28. The standard InChI is InChI=1S/C17H14O4/c18-14-12-9-6-7-10(8-9)13(12)17(15(19)20)16(14,21-17)11-4-2-1-3-5-11/h1-7,9-10,12-13H,8H2,(H,19,20)/t9-,10+,12+,13-,16+,17+/m0/s1. The van der Waals surface area contributed by atoms with Gasteiger partial charge < -0.3 is 9.84 Å². The van der Waals surface area contributed by atoms with Gasteiger partial charge in [0.05, 0.1) is 0 Å². The maximum Gasteiger partial charge on any atom is 0.340 e. The van der Waals surface area contributed by atoms with Crippen LogP contribution in [0, 0.1) is 23.7 Å². The van der Waals surface area contributed by atoms with Crippen LogP contribution in [0.2, 0.25) is 0 Å². The number of ether oxygens (including phenoxy) is 1. The Bertz CT molecular complexity index is 709. The van der Waals surface area contributed by atoms with Crippen LogP contribution in [0.25, 0.3) is 0 Å². The van der Waals surface area contributed by atoms with Crippen LogP contribution in [0.4, 0.5) is 0 Å². The number of carboxylic acids is 1. The number of epoxide rings is 1. The lowest BCUT2D eigenvalue weighted by atomic mass is 9.78. The van der Waals surface area contributed by atoms with Crippen molar-refractivity contribution in [2.75, 3.05) is 0 Å². The first-order valence-corrected chi connectivity index (χ1v) is 7.34. The highest BCUT2D eigenvalue weighted by molar-refractivity contribution is 6.08. The first kappa shape index (κ1) is 11.7. The SMILES string of the molecule is O=C1[C@H]2[C@H]([C@@H]3C=C[C@H]2C3)[C@]2(C(=O)O)O[C@]12c1ccccc1. The summed E-state index contributed by atoms with van der Waals surface area (Å²) in [5.41, 5.74) is -1.91. The monoisotopic (exact) mass is 282 g/mol. The van der Waals surface area contributed by atoms with Gasteiger partial charge in [0.15, 0.2) is 11.4 Å². The summed E-state index contributed by atoms with van der Waals surface area (Å²) in [6, 6.07) is 9.12. The van der Waals surface area contributed by atoms with Crippen LogP contribution in [-0.2, 0) is 19.9 Å². The third kappa shape index (κ3) is 1.01. The van der Waals surface area contributed by atoms with E-state index in [2.05, 4.69) is 12.2 Å². The maximum absolute atomic E-state index is 13.0. The van der Waals surface area contributed by atoms with Gasteiger partial charge in [0, 0.05) is 11.8 Å². The second-order valence-electron chi connectivity index (χ2n) is 6.55. The van der Waals surface area contributed by atoms with E-state index in [1.54, 1.807) is 12.1 Å². The molecule has 2 bridgehead atoms. The van der Waals surface area contributed by atoms with Crippen molar-refractivity contribution in [3.8, 4) is 0 Å². The molecule has 6 atom stereocenters. The van der Waals surface area contributed by atoms with Gasteiger partial charge in [-0.15, -0.1) is 0 Å². The van der Waals surface area contributed by atoms with Crippen molar-refractivity contribution in [3.05, 3.63) is 48.0 Å². The van der Waals surface area contributed by atoms with Crippen LogP contribution < -0.4 is 0 Å². The molecule has 5 rings (SSSR count). The van der Waals surface area contributed by atoms with Gasteiger partial charge >= 0.3 is 5.97 Å². The summed E-state index contributed by atoms with van der Waals surface area (Å²) in [6.45, 7) is 0. The third-order valence-corrected chi connectivity index (χ3v) is 5.87. The van der Waals surface area contributed by atoms with Gasteiger partial charge in [-0.1, -0.05) is 42.5 Å². The molecule has 1 aromatic rings. The first-order valence-electron chi connectivity index (χ1n) is 7.34. The van der Waals surface area contributed by atoms with E-state index in [1.165, 1.54) is 0 Å². The van der Waals surface area contributed by atoms with Crippen molar-refractivity contribution >= 4 is 11.8 Å². The average molecular weight is 282 g/mol. The van der Waals surface area contributed by atoms with Crippen molar-refractivity contribution in [3.63, 3.8) is 0 Å². The Morgan fingerprint density at radius 2 is 1.90 bits per heavy atom. The zero-order valence-electron chi connectivity index (χ0n) is 11.2. The minimum atomic E-state index is -1.35. The number of Topliss-reactive ketones (excluding diaryl/α,β-unsaturated/α-hetero) is 1. The molecule has 4 nitrogen and oxygen atoms in total. The number of carbonyl (C=O) groups excluding carboxylic acids is 1. The highest BCUT2D eigenvalue weighted by Crippen LogP contribution is 2.74. The van der Waals surface area contributed by atoms with E-state index in [1.807, 2.05) is 18.2 Å². The fraction of sp³-hybridized carbons (Fsp3) is 0.412. The van der Waals surface area contributed by atoms with E-state index >= 15 is 0 Å². The minimum absolute atomic E-state index is 0.0297. The molecule has 0 aromatic heterocycles. The summed E-state index contributed by atoms with van der Waals surface area (Å²) in [5, 5.41) is 9.83. The van der Waals surface area contributed by atoms with Gasteiger partial charge in [0.25, 0.3) is 0 Å². The van der Waals surface area contributed by atoms with Gasteiger partial charge in [-0.2, -0.15) is 0 Å². The molecule has 0 amide bonds. The molecule has 106 valence electrons. The molecule has 1 saturated heterocycles. The highest BCUT2D eigenvalue weighted by atomic mass is 16.7. The Morgan fingerprint density at radius 1 is 1.19 bits per heavy atom. The predicted molar refractivity (Wildman–Crippen MR) is 72.3 cm³/mol. The number of allylic oxidation sites excluding steroid dienone is 2. The van der Waals surface area contributed by atoms with Gasteiger partial charge in [-0.3, -0.25) is 4.79 Å². The fourth-order valence-electron chi connectivity index (χ4n) is 5.15. The summed E-state index contributed by atoms with van der Waals surface area (Å²) in [4.78, 5) is 25.0. The number of hydrogen-bond acceptors (Lipinski definition) is 3. The number of hydrogen-bond donors (Lipinski definition) is 1. The van der Waals surface area contributed by atoms with Crippen molar-refractivity contribution in [1.82, 2.24) is 0 Å². The molecule has 1 heterocycles.